The van der Waals surface area contributed by atoms with Crippen molar-refractivity contribution in [3.63, 3.8) is 0 Å². The minimum Gasteiger partial charge on any atom is -0.388 e. The molecular weight excluding hydrogens is 337 g/mol. The lowest BCUT2D eigenvalue weighted by atomic mass is 9.96. The average Bonchev–Trinajstić information content (AvgIpc) is 2.54. The molecule has 0 aliphatic carbocycles. The zero-order valence-electron chi connectivity index (χ0n) is 14.1. The van der Waals surface area contributed by atoms with Crippen LogP contribution in [0.3, 0.4) is 0 Å². The van der Waals surface area contributed by atoms with Crippen LogP contribution in [0.1, 0.15) is 26.7 Å². The summed E-state index contributed by atoms with van der Waals surface area (Å²) in [6.07, 6.45) is 0.111. The lowest BCUT2D eigenvalue weighted by molar-refractivity contribution is -0.229. The van der Waals surface area contributed by atoms with E-state index in [0.29, 0.717) is 13.0 Å². The molecule has 0 radical (unpaired) electrons. The van der Waals surface area contributed by atoms with Crippen LogP contribution in [0.25, 0.3) is 0 Å². The summed E-state index contributed by atoms with van der Waals surface area (Å²) in [5.41, 5.74) is 0. The van der Waals surface area contributed by atoms with Gasteiger partial charge >= 0.3 is 7.60 Å². The third-order valence-electron chi connectivity index (χ3n) is 3.67. The van der Waals surface area contributed by atoms with Crippen LogP contribution in [0.4, 0.5) is 0 Å². The number of hydrogen-bond acceptors (Lipinski definition) is 8. The van der Waals surface area contributed by atoms with E-state index >= 15 is 0 Å². The van der Waals surface area contributed by atoms with Gasteiger partial charge in [0.1, 0.15) is 24.5 Å². The first-order valence-electron chi connectivity index (χ1n) is 8.13. The van der Waals surface area contributed by atoms with Gasteiger partial charge in [-0.2, -0.15) is 0 Å². The first-order valence-corrected chi connectivity index (χ1v) is 9.86. The predicted molar refractivity (Wildman–Crippen MR) is 88.5 cm³/mol. The monoisotopic (exact) mass is 365 g/mol. The Morgan fingerprint density at radius 1 is 1.17 bits per heavy atom. The zero-order chi connectivity index (χ0) is 18.2. The maximum Gasteiger partial charge on any atom is 0.330 e. The third-order valence-corrected chi connectivity index (χ3v) is 5.78. The molecule has 0 saturated carbocycles. The van der Waals surface area contributed by atoms with Gasteiger partial charge in [-0.25, -0.2) is 0 Å². The summed E-state index contributed by atoms with van der Waals surface area (Å²) in [6.45, 7) is 4.29. The quantitative estimate of drug-likeness (QED) is 0.244. The van der Waals surface area contributed by atoms with Gasteiger partial charge in [-0.15, -0.1) is 12.3 Å². The fraction of sp³-hybridized carbons (Fsp3) is 0.867. The molecule has 1 saturated heterocycles. The Bertz CT molecular complexity index is 446. The van der Waals surface area contributed by atoms with Gasteiger partial charge in [-0.05, 0) is 20.3 Å². The normalized spacial score (nSPS) is 30.9. The molecule has 1 aliphatic heterocycles. The third kappa shape index (κ3) is 6.10. The summed E-state index contributed by atoms with van der Waals surface area (Å²) >= 11 is 0. The Labute approximate surface area is 143 Å². The number of hydrogen-bond donors (Lipinski definition) is 4. The highest BCUT2D eigenvalue weighted by molar-refractivity contribution is 7.53. The Morgan fingerprint density at radius 2 is 1.79 bits per heavy atom. The van der Waals surface area contributed by atoms with Crippen LogP contribution < -0.4 is 5.32 Å². The van der Waals surface area contributed by atoms with Gasteiger partial charge in [0.2, 0.25) is 0 Å². The standard InChI is InChI=1S/C15H28NO7P/c1-4-7-9-16-15-14(19)13(18)12(17)11(23-15)8-10-24(20,21-5-2)22-6-3/h1,11-19H,5-10H2,2-3H3/t11-,12-,13+,14+,15?/m1/s1. The lowest BCUT2D eigenvalue weighted by Crippen LogP contribution is -2.61. The van der Waals surface area contributed by atoms with Gasteiger partial charge in [0.15, 0.2) is 0 Å². The molecule has 1 unspecified atom stereocenters. The van der Waals surface area contributed by atoms with E-state index < -0.39 is 38.2 Å². The second-order valence-electron chi connectivity index (χ2n) is 5.43. The summed E-state index contributed by atoms with van der Waals surface area (Å²) in [5.74, 6) is 2.44. The average molecular weight is 365 g/mol. The molecule has 8 nitrogen and oxygen atoms in total. The molecule has 0 aromatic carbocycles. The summed E-state index contributed by atoms with van der Waals surface area (Å²) in [7, 11) is -3.28. The van der Waals surface area contributed by atoms with Crippen LogP contribution in [0.2, 0.25) is 0 Å². The summed E-state index contributed by atoms with van der Waals surface area (Å²) in [5, 5.41) is 32.9. The first kappa shape index (κ1) is 21.6. The minimum atomic E-state index is -3.28. The van der Waals surface area contributed by atoms with Crippen molar-refractivity contribution in [1.29, 1.82) is 0 Å². The van der Waals surface area contributed by atoms with Crippen LogP contribution in [-0.4, -0.2) is 71.9 Å². The van der Waals surface area contributed by atoms with E-state index in [1.165, 1.54) is 0 Å². The van der Waals surface area contributed by atoms with Crippen molar-refractivity contribution in [3.05, 3.63) is 0 Å². The molecule has 1 fully saturated rings. The van der Waals surface area contributed by atoms with Crippen molar-refractivity contribution in [2.24, 2.45) is 0 Å². The molecule has 0 bridgehead atoms. The number of aliphatic hydroxyl groups excluding tert-OH is 3. The maximum atomic E-state index is 12.5. The van der Waals surface area contributed by atoms with Crippen LogP contribution >= 0.6 is 7.60 Å². The molecule has 1 heterocycles. The summed E-state index contributed by atoms with van der Waals surface area (Å²) < 4.78 is 28.5. The van der Waals surface area contributed by atoms with Gasteiger partial charge in [0.25, 0.3) is 0 Å². The molecule has 0 amide bonds. The van der Waals surface area contributed by atoms with Crippen molar-refractivity contribution in [2.45, 2.75) is 57.3 Å². The Morgan fingerprint density at radius 3 is 2.33 bits per heavy atom. The lowest BCUT2D eigenvalue weighted by Gasteiger charge is -2.41. The molecule has 24 heavy (non-hydrogen) atoms. The predicted octanol–water partition coefficient (Wildman–Crippen LogP) is 0.0631. The molecule has 4 N–H and O–H groups in total. The molecule has 0 spiro atoms. The highest BCUT2D eigenvalue weighted by Crippen LogP contribution is 2.49. The number of nitrogens with one attached hydrogen (secondary N) is 1. The Kier molecular flexibility index (Phi) is 9.42. The summed E-state index contributed by atoms with van der Waals surface area (Å²) in [6, 6.07) is 0. The number of rotatable bonds is 10. The Hall–Kier alpha value is -0.490. The largest absolute Gasteiger partial charge is 0.388 e. The first-order chi connectivity index (χ1) is 11.4. The summed E-state index contributed by atoms with van der Waals surface area (Å²) in [4.78, 5) is 0. The van der Waals surface area contributed by atoms with Crippen LogP contribution in [-0.2, 0) is 18.3 Å². The SMILES string of the molecule is C#CCCNC1O[C@H](CCP(=O)(OCC)OCC)[C@@H](O)[C@H](O)[C@@H]1O. The van der Waals surface area contributed by atoms with E-state index in [-0.39, 0.29) is 25.8 Å². The van der Waals surface area contributed by atoms with Gasteiger partial charge in [0.05, 0.1) is 25.5 Å². The molecule has 140 valence electrons. The van der Waals surface area contributed by atoms with Crippen LogP contribution in [0, 0.1) is 12.3 Å². The fourth-order valence-electron chi connectivity index (χ4n) is 2.49. The number of terminal acetylenes is 1. The molecule has 9 heteroatoms. The van der Waals surface area contributed by atoms with Crippen molar-refractivity contribution in [2.75, 3.05) is 25.9 Å². The molecular formula is C15H28NO7P. The van der Waals surface area contributed by atoms with E-state index in [0.717, 1.165) is 0 Å². The van der Waals surface area contributed by atoms with Crippen LogP contribution in [0.15, 0.2) is 0 Å². The maximum absolute atomic E-state index is 12.5. The van der Waals surface area contributed by atoms with Crippen molar-refractivity contribution >= 4 is 7.60 Å². The van der Waals surface area contributed by atoms with Crippen molar-refractivity contribution in [3.8, 4) is 12.3 Å². The molecule has 1 aliphatic rings. The number of aliphatic hydroxyl groups is 3. The van der Waals surface area contributed by atoms with Gasteiger partial charge in [0, 0.05) is 13.0 Å². The molecule has 1 rings (SSSR count). The highest BCUT2D eigenvalue weighted by atomic mass is 31.2. The van der Waals surface area contributed by atoms with Crippen molar-refractivity contribution in [1.82, 2.24) is 5.32 Å². The minimum absolute atomic E-state index is 0.0380. The van der Waals surface area contributed by atoms with Crippen molar-refractivity contribution < 1.29 is 33.7 Å². The number of ether oxygens (including phenoxy) is 1. The van der Waals surface area contributed by atoms with E-state index in [4.69, 9.17) is 20.2 Å². The molecule has 5 atom stereocenters. The van der Waals surface area contributed by atoms with E-state index in [9.17, 15) is 19.9 Å². The fourth-order valence-corrected chi connectivity index (χ4v) is 4.18. The smallest absolute Gasteiger partial charge is 0.330 e. The Balaban J connectivity index is 2.67. The van der Waals surface area contributed by atoms with Gasteiger partial charge in [-0.3, -0.25) is 9.88 Å². The molecule has 0 aromatic heterocycles. The molecule has 0 aromatic rings. The van der Waals surface area contributed by atoms with Crippen LogP contribution in [0.5, 0.6) is 0 Å². The highest BCUT2D eigenvalue weighted by Gasteiger charge is 2.44. The van der Waals surface area contributed by atoms with E-state index in [2.05, 4.69) is 11.2 Å². The second kappa shape index (κ2) is 10.5. The van der Waals surface area contributed by atoms with E-state index in [1.807, 2.05) is 0 Å². The second-order valence-corrected chi connectivity index (χ2v) is 7.62. The van der Waals surface area contributed by atoms with Gasteiger partial charge in [-0.1, -0.05) is 0 Å². The van der Waals surface area contributed by atoms with Gasteiger partial charge < -0.3 is 29.1 Å². The van der Waals surface area contributed by atoms with E-state index in [1.54, 1.807) is 13.8 Å². The zero-order valence-corrected chi connectivity index (χ0v) is 15.0. The topological polar surface area (TPSA) is 117 Å².